The Kier molecular flexibility index (Phi) is 12.9. The SMILES string of the molecule is CC(C)(C)c1cc2c3c(c1)-n1c4ccc(C(C)(C)C)cc4c4cc(C(C)(C)C)cc(c41)N3c1cc(N(c3ccccc3)c3ccccc3)cc3c1B2c1ccc(-n2c4ccc(C(C)(C)C)cc4c4cc(C(C)(C)C)ccc42)cc1N3c1ccc(-c2ccc3ccccc3c2)cc1. The fourth-order valence-electron chi connectivity index (χ4n) is 15.9. The van der Waals surface area contributed by atoms with Gasteiger partial charge in [0.1, 0.15) is 0 Å². The van der Waals surface area contributed by atoms with E-state index < -0.39 is 0 Å². The van der Waals surface area contributed by atoms with E-state index in [1.165, 1.54) is 132 Å². The van der Waals surface area contributed by atoms with E-state index in [1.807, 2.05) is 0 Å². The number of fused-ring (bicyclic) bond motifs is 13. The van der Waals surface area contributed by atoms with Crippen LogP contribution in [0.25, 0.3) is 76.9 Å². The number of para-hydroxylation sites is 2. The molecule has 0 aliphatic carbocycles. The van der Waals surface area contributed by atoms with Crippen LogP contribution < -0.4 is 31.1 Å². The van der Waals surface area contributed by atoms with Gasteiger partial charge in [-0.25, -0.2) is 0 Å². The van der Waals surface area contributed by atoms with Crippen LogP contribution in [-0.4, -0.2) is 15.8 Å². The van der Waals surface area contributed by atoms with Gasteiger partial charge < -0.3 is 23.8 Å². The number of aromatic nitrogens is 2. The van der Waals surface area contributed by atoms with Crippen molar-refractivity contribution in [3.63, 3.8) is 0 Å². The molecule has 5 nitrogen and oxygen atoms in total. The molecule has 0 fully saturated rings. The Balaban J connectivity index is 1.02. The third kappa shape index (κ3) is 9.25. The summed E-state index contributed by atoms with van der Waals surface area (Å²) in [5.41, 5.74) is 29.9. The molecule has 0 bridgehead atoms. The van der Waals surface area contributed by atoms with Gasteiger partial charge in [-0.3, -0.25) is 0 Å². The van der Waals surface area contributed by atoms with Crippen molar-refractivity contribution in [2.24, 2.45) is 0 Å². The van der Waals surface area contributed by atoms with E-state index in [2.05, 4.69) is 364 Å². The molecule has 0 amide bonds. The Hall–Kier alpha value is -10.0. The molecule has 2 aromatic heterocycles. The zero-order valence-corrected chi connectivity index (χ0v) is 58.3. The number of anilines is 9. The molecule has 6 heteroatoms. The van der Waals surface area contributed by atoms with Crippen molar-refractivity contribution in [2.75, 3.05) is 14.7 Å². The monoisotopic (exact) mass is 1250 g/mol. The zero-order valence-electron chi connectivity index (χ0n) is 58.3. The molecule has 96 heavy (non-hydrogen) atoms. The molecule has 3 aliphatic rings. The quantitative estimate of drug-likeness (QED) is 0.155. The van der Waals surface area contributed by atoms with Gasteiger partial charge in [-0.2, -0.15) is 0 Å². The fourth-order valence-corrected chi connectivity index (χ4v) is 15.9. The number of nitrogens with zero attached hydrogens (tertiary/aromatic N) is 5. The molecule has 14 aromatic rings. The fraction of sp³-hybridized carbons (Fsp3) is 0.222. The Morgan fingerprint density at radius 1 is 0.292 bits per heavy atom. The van der Waals surface area contributed by atoms with Gasteiger partial charge in [-0.1, -0.05) is 219 Å². The van der Waals surface area contributed by atoms with Gasteiger partial charge in [0.25, 0.3) is 6.71 Å². The van der Waals surface area contributed by atoms with Crippen LogP contribution in [-0.2, 0) is 27.1 Å². The van der Waals surface area contributed by atoms with Gasteiger partial charge in [0, 0.05) is 61.4 Å². The minimum Gasteiger partial charge on any atom is -0.311 e. The third-order valence-corrected chi connectivity index (χ3v) is 21.3. The molecule has 17 rings (SSSR count). The van der Waals surface area contributed by atoms with E-state index >= 15 is 0 Å². The highest BCUT2D eigenvalue weighted by Crippen LogP contribution is 2.56. The summed E-state index contributed by atoms with van der Waals surface area (Å²) in [5, 5.41) is 7.60. The van der Waals surface area contributed by atoms with Crippen molar-refractivity contribution in [1.82, 2.24) is 9.13 Å². The molecule has 12 aromatic carbocycles. The molecule has 5 heterocycles. The average molecular weight is 1250 g/mol. The first-order valence-electron chi connectivity index (χ1n) is 34.6. The molecule has 472 valence electrons. The molecule has 0 spiro atoms. The highest BCUT2D eigenvalue weighted by molar-refractivity contribution is 7.00. The van der Waals surface area contributed by atoms with Crippen molar-refractivity contribution < 1.29 is 0 Å². The number of hydrogen-bond donors (Lipinski definition) is 0. The van der Waals surface area contributed by atoms with Gasteiger partial charge in [0.2, 0.25) is 0 Å². The van der Waals surface area contributed by atoms with Crippen molar-refractivity contribution in [2.45, 2.75) is 131 Å². The minimum atomic E-state index is -0.191. The minimum absolute atomic E-state index is 0.0334. The van der Waals surface area contributed by atoms with Gasteiger partial charge in [0.05, 0.1) is 44.8 Å². The van der Waals surface area contributed by atoms with Crippen LogP contribution in [0.2, 0.25) is 0 Å². The lowest BCUT2D eigenvalue weighted by molar-refractivity contribution is 0.590. The number of hydrogen-bond acceptors (Lipinski definition) is 3. The lowest BCUT2D eigenvalue weighted by Crippen LogP contribution is -2.62. The van der Waals surface area contributed by atoms with Crippen LogP contribution >= 0.6 is 0 Å². The molecular formula is C90H84BN5. The predicted molar refractivity (Wildman–Crippen MR) is 414 cm³/mol. The molecule has 0 radical (unpaired) electrons. The van der Waals surface area contributed by atoms with Crippen LogP contribution in [0.1, 0.15) is 132 Å². The molecule has 0 N–H and O–H groups in total. The van der Waals surface area contributed by atoms with Crippen LogP contribution in [0.5, 0.6) is 0 Å². The van der Waals surface area contributed by atoms with Crippen LogP contribution in [0.4, 0.5) is 51.2 Å². The van der Waals surface area contributed by atoms with E-state index in [9.17, 15) is 0 Å². The van der Waals surface area contributed by atoms with Crippen molar-refractivity contribution in [1.29, 1.82) is 0 Å². The van der Waals surface area contributed by atoms with Crippen molar-refractivity contribution in [3.05, 3.63) is 264 Å². The van der Waals surface area contributed by atoms with E-state index in [4.69, 9.17) is 0 Å². The summed E-state index contributed by atoms with van der Waals surface area (Å²) in [6, 6.07) is 91.5. The second-order valence-corrected chi connectivity index (χ2v) is 32.8. The number of benzene rings is 12. The van der Waals surface area contributed by atoms with E-state index in [-0.39, 0.29) is 33.8 Å². The maximum Gasteiger partial charge on any atom is 0.252 e. The van der Waals surface area contributed by atoms with Crippen LogP contribution in [0.3, 0.4) is 0 Å². The molecule has 0 saturated carbocycles. The first kappa shape index (κ1) is 59.7. The average Bonchev–Trinajstić information content (AvgIpc) is 1.00. The second-order valence-electron chi connectivity index (χ2n) is 32.8. The predicted octanol–water partition coefficient (Wildman–Crippen LogP) is 23.1. The van der Waals surface area contributed by atoms with Crippen LogP contribution in [0.15, 0.2) is 237 Å². The Labute approximate surface area is 567 Å². The smallest absolute Gasteiger partial charge is 0.252 e. The van der Waals surface area contributed by atoms with Gasteiger partial charge >= 0.3 is 0 Å². The summed E-state index contributed by atoms with van der Waals surface area (Å²) in [6.45, 7) is 35.2. The Morgan fingerprint density at radius 2 is 0.760 bits per heavy atom. The summed E-state index contributed by atoms with van der Waals surface area (Å²) >= 11 is 0. The molecular weight excluding hydrogens is 1160 g/mol. The maximum atomic E-state index is 2.72. The zero-order chi connectivity index (χ0) is 66.4. The first-order chi connectivity index (χ1) is 45.8. The Morgan fingerprint density at radius 3 is 1.32 bits per heavy atom. The highest BCUT2D eigenvalue weighted by atomic mass is 15.2. The van der Waals surface area contributed by atoms with Gasteiger partial charge in [-0.15, -0.1) is 0 Å². The number of rotatable bonds is 6. The normalized spacial score (nSPS) is 13.7. The standard InChI is InChI=1S/C90H84BN5/c1-86(2,3)59-34-41-75-69(45-59)70-46-60(87(4,5)6)35-42-76(70)94(75)67-39-40-73-78(52-67)93(66-37-32-56(33-38-66)58-31-30-55-24-22-23-25-57(55)44-58)79-53-68(92(64-26-18-16-19-27-64)65-28-20-17-21-29-65)54-80-83(79)91(73)74-49-63(90(13,14)15)51-82-85(74)96(80)81-50-62(89(10,11)12)48-72-71-47-61(88(7,8)9)36-43-77(71)95(82)84(72)81/h16-54H,1-15H3. The van der Waals surface area contributed by atoms with E-state index in [0.29, 0.717) is 0 Å². The first-order valence-corrected chi connectivity index (χ1v) is 34.6. The lowest BCUT2D eigenvalue weighted by Gasteiger charge is -2.47. The summed E-state index contributed by atoms with van der Waals surface area (Å²) in [4.78, 5) is 7.83. The maximum absolute atomic E-state index is 2.72. The van der Waals surface area contributed by atoms with Gasteiger partial charge in [-0.05, 0) is 215 Å². The summed E-state index contributed by atoms with van der Waals surface area (Å²) in [5.74, 6) is 0. The molecule has 0 atom stereocenters. The van der Waals surface area contributed by atoms with E-state index in [1.54, 1.807) is 0 Å². The second kappa shape index (κ2) is 20.7. The van der Waals surface area contributed by atoms with Crippen LogP contribution in [0, 0.1) is 0 Å². The third-order valence-electron chi connectivity index (χ3n) is 21.3. The van der Waals surface area contributed by atoms with Crippen molar-refractivity contribution in [3.8, 4) is 22.5 Å². The molecule has 0 saturated heterocycles. The molecule has 0 unspecified atom stereocenters. The topological polar surface area (TPSA) is 19.6 Å². The van der Waals surface area contributed by atoms with Crippen molar-refractivity contribution >= 4 is 129 Å². The highest BCUT2D eigenvalue weighted by Gasteiger charge is 2.48. The van der Waals surface area contributed by atoms with E-state index in [0.717, 1.165) is 39.8 Å². The molecule has 3 aliphatic heterocycles. The Bertz CT molecular complexity index is 5440. The summed E-state index contributed by atoms with van der Waals surface area (Å²) < 4.78 is 5.21. The summed E-state index contributed by atoms with van der Waals surface area (Å²) in [7, 11) is 0. The van der Waals surface area contributed by atoms with Gasteiger partial charge in [0.15, 0.2) is 0 Å². The largest absolute Gasteiger partial charge is 0.311 e. The lowest BCUT2D eigenvalue weighted by atomic mass is 9.33. The summed E-state index contributed by atoms with van der Waals surface area (Å²) in [6.07, 6.45) is 0.